The van der Waals surface area contributed by atoms with Crippen LogP contribution in [-0.4, -0.2) is 16.5 Å². The van der Waals surface area contributed by atoms with Crippen molar-refractivity contribution in [3.8, 4) is 5.75 Å². The van der Waals surface area contributed by atoms with Crippen molar-refractivity contribution in [2.45, 2.75) is 18.8 Å². The first-order valence-corrected chi connectivity index (χ1v) is 10.0. The number of halogens is 2. The molecule has 4 nitrogen and oxygen atoms in total. The molecule has 0 saturated carbocycles. The summed E-state index contributed by atoms with van der Waals surface area (Å²) in [6.07, 6.45) is 2.65. The van der Waals surface area contributed by atoms with Crippen LogP contribution in [0.5, 0.6) is 5.75 Å². The van der Waals surface area contributed by atoms with E-state index in [1.54, 1.807) is 18.2 Å². The summed E-state index contributed by atoms with van der Waals surface area (Å²) in [7, 11) is 0. The molecule has 1 heterocycles. The van der Waals surface area contributed by atoms with Gasteiger partial charge in [-0.1, -0.05) is 42.4 Å². The number of hydrogen-bond donors (Lipinski definition) is 3. The molecule has 3 N–H and O–H groups in total. The van der Waals surface area contributed by atoms with E-state index in [4.69, 9.17) is 11.6 Å². The minimum absolute atomic E-state index is 0.123. The molecular formula is C18H16ClIN2O2S. The van der Waals surface area contributed by atoms with E-state index in [0.29, 0.717) is 19.1 Å². The van der Waals surface area contributed by atoms with Crippen LogP contribution in [0.4, 0.5) is 5.69 Å². The molecule has 7 heteroatoms. The number of phenolic OH excluding ortho intramolecular Hbond substituents is 1. The number of phenols is 1. The number of aromatic hydroxyl groups is 1. The van der Waals surface area contributed by atoms with E-state index in [-0.39, 0.29) is 17.2 Å². The number of benzene rings is 2. The Morgan fingerprint density at radius 1 is 1.36 bits per heavy atom. The zero-order chi connectivity index (χ0) is 18.0. The van der Waals surface area contributed by atoms with Crippen molar-refractivity contribution in [1.82, 2.24) is 5.32 Å². The first-order valence-electron chi connectivity index (χ1n) is 7.69. The summed E-state index contributed by atoms with van der Waals surface area (Å²) in [5, 5.41) is 16.8. The van der Waals surface area contributed by atoms with Crippen LogP contribution in [-0.2, 0) is 11.2 Å². The lowest BCUT2D eigenvalue weighted by Gasteiger charge is -2.12. The second-order valence-electron chi connectivity index (χ2n) is 5.50. The van der Waals surface area contributed by atoms with Crippen LogP contribution in [0.25, 0.3) is 6.08 Å². The molecule has 0 aliphatic carbocycles. The first kappa shape index (κ1) is 18.4. The normalized spacial score (nSPS) is 18.4. The van der Waals surface area contributed by atoms with E-state index in [0.717, 1.165) is 12.1 Å². The largest absolute Gasteiger partial charge is 0.506 e. The van der Waals surface area contributed by atoms with Crippen molar-refractivity contribution in [2.24, 2.45) is 0 Å². The molecule has 1 aliphatic heterocycles. The Labute approximate surface area is 169 Å². The first-order chi connectivity index (χ1) is 12.0. The van der Waals surface area contributed by atoms with Gasteiger partial charge in [-0.25, -0.2) is 0 Å². The van der Waals surface area contributed by atoms with Crippen LogP contribution in [0.1, 0.15) is 18.1 Å². The molecule has 0 unspecified atom stereocenters. The minimum Gasteiger partial charge on any atom is -0.506 e. The summed E-state index contributed by atoms with van der Waals surface area (Å²) in [5.74, 6) is -0.0560. The van der Waals surface area contributed by atoms with Gasteiger partial charge in [0.05, 0.1) is 8.48 Å². The third kappa shape index (κ3) is 4.43. The lowest BCUT2D eigenvalue weighted by atomic mass is 10.1. The molecule has 0 bridgehead atoms. The monoisotopic (exact) mass is 486 g/mol. The summed E-state index contributed by atoms with van der Waals surface area (Å²) in [4.78, 5) is 12.7. The molecule has 1 fully saturated rings. The Kier molecular flexibility index (Phi) is 5.81. The zero-order valence-corrected chi connectivity index (χ0v) is 17.1. The second-order valence-corrected chi connectivity index (χ2v) is 8.25. The maximum atomic E-state index is 12.2. The van der Waals surface area contributed by atoms with Gasteiger partial charge in [-0.3, -0.25) is 4.79 Å². The quantitative estimate of drug-likeness (QED) is 0.429. The maximum absolute atomic E-state index is 12.2. The van der Waals surface area contributed by atoms with Gasteiger partial charge < -0.3 is 15.7 Å². The molecule has 3 rings (SSSR count). The van der Waals surface area contributed by atoms with E-state index in [1.807, 2.05) is 34.7 Å². The van der Waals surface area contributed by atoms with Gasteiger partial charge in [0.2, 0.25) is 0 Å². The Hall–Kier alpha value is -1.38. The molecule has 1 saturated heterocycles. The Balaban J connectivity index is 1.76. The fourth-order valence-corrected chi connectivity index (χ4v) is 4.42. The maximum Gasteiger partial charge on any atom is 0.260 e. The average molecular weight is 487 g/mol. The Morgan fingerprint density at radius 3 is 2.76 bits per heavy atom. The van der Waals surface area contributed by atoms with Gasteiger partial charge in [0.15, 0.2) is 5.50 Å². The highest BCUT2D eigenvalue weighted by molar-refractivity contribution is 14.1. The highest BCUT2D eigenvalue weighted by atomic mass is 127. The fourth-order valence-electron chi connectivity index (χ4n) is 2.39. The molecule has 0 spiro atoms. The number of carbonyl (C=O) groups excluding carboxylic acids is 1. The second kappa shape index (κ2) is 7.88. The van der Waals surface area contributed by atoms with Gasteiger partial charge in [0, 0.05) is 16.3 Å². The van der Waals surface area contributed by atoms with Crippen LogP contribution in [0, 0.1) is 3.57 Å². The lowest BCUT2D eigenvalue weighted by Crippen LogP contribution is -2.30. The Morgan fingerprint density at radius 2 is 2.08 bits per heavy atom. The number of hydrogen-bond acceptors (Lipinski definition) is 4. The van der Waals surface area contributed by atoms with Crippen molar-refractivity contribution < 1.29 is 9.90 Å². The predicted octanol–water partition coefficient (Wildman–Crippen LogP) is 4.81. The summed E-state index contributed by atoms with van der Waals surface area (Å²) in [6.45, 7) is 2.11. The Bertz CT molecular complexity index is 840. The third-order valence-electron chi connectivity index (χ3n) is 3.74. The number of nitrogens with one attached hydrogen (secondary N) is 2. The zero-order valence-electron chi connectivity index (χ0n) is 13.3. The van der Waals surface area contributed by atoms with Crippen molar-refractivity contribution in [2.75, 3.05) is 5.32 Å². The van der Waals surface area contributed by atoms with Crippen molar-refractivity contribution in [3.05, 3.63) is 61.0 Å². The van der Waals surface area contributed by atoms with Crippen molar-refractivity contribution in [3.63, 3.8) is 0 Å². The predicted molar refractivity (Wildman–Crippen MR) is 113 cm³/mol. The highest BCUT2D eigenvalue weighted by Crippen LogP contribution is 2.35. The molecule has 2 aromatic rings. The SMILES string of the molecule is CCc1ccc(N[C@H]2NC(=O)/C(=C/c3cc(Cl)cc(I)c3O)S2)cc1. The number of amides is 1. The van der Waals surface area contributed by atoms with Crippen molar-refractivity contribution >= 4 is 63.6 Å². The van der Waals surface area contributed by atoms with Gasteiger partial charge >= 0.3 is 0 Å². The van der Waals surface area contributed by atoms with Gasteiger partial charge in [-0.15, -0.1) is 0 Å². The highest BCUT2D eigenvalue weighted by Gasteiger charge is 2.27. The summed E-state index contributed by atoms with van der Waals surface area (Å²) in [6, 6.07) is 11.4. The molecule has 2 aromatic carbocycles. The third-order valence-corrected chi connectivity index (χ3v) is 5.80. The van der Waals surface area contributed by atoms with E-state index < -0.39 is 0 Å². The molecular weight excluding hydrogens is 471 g/mol. The fraction of sp³-hybridized carbons (Fsp3) is 0.167. The molecule has 0 aromatic heterocycles. The van der Waals surface area contributed by atoms with Crippen molar-refractivity contribution in [1.29, 1.82) is 0 Å². The number of anilines is 1. The minimum atomic E-state index is -0.258. The molecule has 1 aliphatic rings. The molecule has 1 amide bonds. The lowest BCUT2D eigenvalue weighted by molar-refractivity contribution is -0.116. The molecule has 1 atom stereocenters. The summed E-state index contributed by atoms with van der Waals surface area (Å²) >= 11 is 9.42. The van der Waals surface area contributed by atoms with Gasteiger partial charge in [0.1, 0.15) is 5.75 Å². The van der Waals surface area contributed by atoms with Crippen LogP contribution in [0.15, 0.2) is 41.3 Å². The number of aryl methyl sites for hydroxylation is 1. The van der Waals surface area contributed by atoms with Crippen LogP contribution in [0.2, 0.25) is 5.02 Å². The molecule has 130 valence electrons. The number of rotatable bonds is 4. The smallest absolute Gasteiger partial charge is 0.260 e. The average Bonchev–Trinajstić information content (AvgIpc) is 2.92. The van der Waals surface area contributed by atoms with Crippen LogP contribution < -0.4 is 10.6 Å². The van der Waals surface area contributed by atoms with E-state index in [1.165, 1.54) is 17.3 Å². The van der Waals surface area contributed by atoms with E-state index >= 15 is 0 Å². The summed E-state index contributed by atoms with van der Waals surface area (Å²) in [5.41, 5.74) is 2.48. The summed E-state index contributed by atoms with van der Waals surface area (Å²) < 4.78 is 0.644. The number of carbonyl (C=O) groups is 1. The van der Waals surface area contributed by atoms with Crippen LogP contribution in [0.3, 0.4) is 0 Å². The standard InChI is InChI=1S/C18H16ClIN2O2S/c1-2-10-3-5-13(6-4-10)21-18-22-17(24)15(25-18)8-11-7-12(19)9-14(20)16(11)23/h3-9,18,21,23H,2H2,1H3,(H,22,24)/b15-8-/t18-/m0/s1. The van der Waals surface area contributed by atoms with Gasteiger partial charge in [-0.05, 0) is 64.9 Å². The number of thioether (sulfide) groups is 1. The van der Waals surface area contributed by atoms with Gasteiger partial charge in [0.25, 0.3) is 5.91 Å². The molecule has 25 heavy (non-hydrogen) atoms. The topological polar surface area (TPSA) is 61.4 Å². The van der Waals surface area contributed by atoms with Crippen LogP contribution >= 0.6 is 46.0 Å². The molecule has 0 radical (unpaired) electrons. The van der Waals surface area contributed by atoms with Gasteiger partial charge in [-0.2, -0.15) is 0 Å². The van der Waals surface area contributed by atoms with E-state index in [2.05, 4.69) is 29.7 Å². The van der Waals surface area contributed by atoms with E-state index in [9.17, 15) is 9.90 Å².